The number of aryl methyl sites for hydroxylation is 1. The fourth-order valence-corrected chi connectivity index (χ4v) is 2.64. The van der Waals surface area contributed by atoms with Gasteiger partial charge in [-0.1, -0.05) is 18.2 Å². The van der Waals surface area contributed by atoms with E-state index in [-0.39, 0.29) is 24.0 Å². The molecule has 1 unspecified atom stereocenters. The van der Waals surface area contributed by atoms with E-state index < -0.39 is 0 Å². The number of para-hydroxylation sites is 1. The minimum Gasteiger partial charge on any atom is -0.491 e. The number of ether oxygens (including phenoxy) is 3. The average Bonchev–Trinajstić information content (AvgIpc) is 3.14. The van der Waals surface area contributed by atoms with Gasteiger partial charge in [-0.15, -0.1) is 24.0 Å². The molecule has 148 valence electrons. The van der Waals surface area contributed by atoms with Crippen LogP contribution in [0.5, 0.6) is 5.75 Å². The van der Waals surface area contributed by atoms with Crippen molar-refractivity contribution in [1.29, 1.82) is 0 Å². The zero-order valence-electron chi connectivity index (χ0n) is 15.8. The second-order valence-electron chi connectivity index (χ2n) is 6.10. The van der Waals surface area contributed by atoms with Crippen LogP contribution in [0.3, 0.4) is 0 Å². The Morgan fingerprint density at radius 1 is 1.23 bits per heavy atom. The molecule has 0 radical (unpaired) electrons. The molecular weight excluding hydrogens is 445 g/mol. The van der Waals surface area contributed by atoms with Crippen molar-refractivity contribution < 1.29 is 14.2 Å². The summed E-state index contributed by atoms with van der Waals surface area (Å²) in [6, 6.07) is 8.02. The van der Waals surface area contributed by atoms with Gasteiger partial charge in [-0.05, 0) is 37.8 Å². The minimum absolute atomic E-state index is 0. The Hall–Kier alpha value is -1.06. The molecule has 1 aliphatic heterocycles. The number of rotatable bonds is 10. The van der Waals surface area contributed by atoms with Gasteiger partial charge in [0.15, 0.2) is 5.96 Å². The smallest absolute Gasteiger partial charge is 0.191 e. The molecule has 1 aliphatic rings. The molecule has 0 saturated carbocycles. The van der Waals surface area contributed by atoms with E-state index in [0.717, 1.165) is 56.3 Å². The first kappa shape index (κ1) is 23.0. The second kappa shape index (κ2) is 14.1. The lowest BCUT2D eigenvalue weighted by Gasteiger charge is -2.14. The van der Waals surface area contributed by atoms with Crippen molar-refractivity contribution in [2.24, 2.45) is 4.99 Å². The summed E-state index contributed by atoms with van der Waals surface area (Å²) < 4.78 is 16.9. The third-order valence-corrected chi connectivity index (χ3v) is 4.05. The molecule has 2 rings (SSSR count). The highest BCUT2D eigenvalue weighted by molar-refractivity contribution is 14.0. The number of benzene rings is 1. The molecule has 1 aromatic carbocycles. The van der Waals surface area contributed by atoms with Crippen molar-refractivity contribution in [3.05, 3.63) is 29.8 Å². The van der Waals surface area contributed by atoms with Crippen molar-refractivity contribution >= 4 is 29.9 Å². The molecule has 1 fully saturated rings. The van der Waals surface area contributed by atoms with Crippen LogP contribution in [0.15, 0.2) is 29.3 Å². The number of halogens is 1. The highest BCUT2D eigenvalue weighted by Gasteiger charge is 2.14. The lowest BCUT2D eigenvalue weighted by molar-refractivity contribution is 0.0168. The SMILES string of the molecule is CN=C(NCCCOCC1CCCO1)NCCOc1ccccc1C.I. The standard InChI is InChI=1S/C19H31N3O3.HI/c1-16-7-3-4-9-18(16)25-14-11-22-19(20-2)21-10-6-12-23-15-17-8-5-13-24-17;/h3-4,7,9,17H,5-6,8,10-15H2,1-2H3,(H2,20,21,22);1H. The summed E-state index contributed by atoms with van der Waals surface area (Å²) in [4.78, 5) is 4.21. The third-order valence-electron chi connectivity index (χ3n) is 4.05. The molecule has 0 bridgehead atoms. The molecule has 0 spiro atoms. The number of nitrogens with one attached hydrogen (secondary N) is 2. The van der Waals surface area contributed by atoms with E-state index in [1.54, 1.807) is 7.05 Å². The predicted molar refractivity (Wildman–Crippen MR) is 116 cm³/mol. The van der Waals surface area contributed by atoms with Gasteiger partial charge in [-0.25, -0.2) is 0 Å². The summed E-state index contributed by atoms with van der Waals surface area (Å²) in [5.41, 5.74) is 1.15. The zero-order chi connectivity index (χ0) is 17.7. The molecule has 1 aromatic rings. The van der Waals surface area contributed by atoms with Gasteiger partial charge in [0.25, 0.3) is 0 Å². The molecule has 0 aromatic heterocycles. The number of guanidine groups is 1. The summed E-state index contributed by atoms with van der Waals surface area (Å²) in [6.07, 6.45) is 3.52. The average molecular weight is 477 g/mol. The normalized spacial score (nSPS) is 16.8. The van der Waals surface area contributed by atoms with Gasteiger partial charge in [0, 0.05) is 26.8 Å². The van der Waals surface area contributed by atoms with Gasteiger partial charge < -0.3 is 24.8 Å². The van der Waals surface area contributed by atoms with E-state index in [1.165, 1.54) is 0 Å². The summed E-state index contributed by atoms with van der Waals surface area (Å²) in [7, 11) is 1.77. The Balaban J connectivity index is 0.00000338. The molecule has 1 saturated heterocycles. The fourth-order valence-electron chi connectivity index (χ4n) is 2.64. The molecule has 7 heteroatoms. The summed E-state index contributed by atoms with van der Waals surface area (Å²) in [5.74, 6) is 1.71. The van der Waals surface area contributed by atoms with Crippen molar-refractivity contribution in [3.8, 4) is 5.75 Å². The maximum atomic E-state index is 5.76. The van der Waals surface area contributed by atoms with Gasteiger partial charge in [-0.2, -0.15) is 0 Å². The lowest BCUT2D eigenvalue weighted by Crippen LogP contribution is -2.40. The zero-order valence-corrected chi connectivity index (χ0v) is 18.2. The van der Waals surface area contributed by atoms with E-state index in [9.17, 15) is 0 Å². The summed E-state index contributed by atoms with van der Waals surface area (Å²) in [6.45, 7) is 6.49. The summed E-state index contributed by atoms with van der Waals surface area (Å²) >= 11 is 0. The van der Waals surface area contributed by atoms with Crippen LogP contribution in [0.2, 0.25) is 0 Å². The molecule has 26 heavy (non-hydrogen) atoms. The Bertz CT molecular complexity index is 523. The van der Waals surface area contributed by atoms with Gasteiger partial charge in [0.1, 0.15) is 12.4 Å². The Labute approximate surface area is 174 Å². The number of hydrogen-bond donors (Lipinski definition) is 2. The highest BCUT2D eigenvalue weighted by atomic mass is 127. The quantitative estimate of drug-likeness (QED) is 0.235. The molecule has 6 nitrogen and oxygen atoms in total. The first-order valence-electron chi connectivity index (χ1n) is 9.12. The highest BCUT2D eigenvalue weighted by Crippen LogP contribution is 2.15. The second-order valence-corrected chi connectivity index (χ2v) is 6.10. The minimum atomic E-state index is 0. The van der Waals surface area contributed by atoms with E-state index in [0.29, 0.717) is 25.9 Å². The molecule has 2 N–H and O–H groups in total. The first-order valence-corrected chi connectivity index (χ1v) is 9.12. The number of aliphatic imine (C=N–C) groups is 1. The maximum Gasteiger partial charge on any atom is 0.191 e. The van der Waals surface area contributed by atoms with E-state index in [4.69, 9.17) is 14.2 Å². The van der Waals surface area contributed by atoms with Crippen molar-refractivity contribution in [3.63, 3.8) is 0 Å². The maximum absolute atomic E-state index is 5.76. The number of hydrogen-bond acceptors (Lipinski definition) is 4. The van der Waals surface area contributed by atoms with E-state index in [1.807, 2.05) is 31.2 Å². The van der Waals surface area contributed by atoms with E-state index >= 15 is 0 Å². The fraction of sp³-hybridized carbons (Fsp3) is 0.632. The molecule has 1 heterocycles. The topological polar surface area (TPSA) is 64.1 Å². The Kier molecular flexibility index (Phi) is 12.4. The van der Waals surface area contributed by atoms with Gasteiger partial charge >= 0.3 is 0 Å². The Morgan fingerprint density at radius 3 is 2.77 bits per heavy atom. The largest absolute Gasteiger partial charge is 0.491 e. The Morgan fingerprint density at radius 2 is 2.04 bits per heavy atom. The van der Waals surface area contributed by atoms with E-state index in [2.05, 4.69) is 15.6 Å². The third kappa shape index (κ3) is 9.05. The first-order chi connectivity index (χ1) is 12.3. The van der Waals surface area contributed by atoms with Crippen LogP contribution in [0.4, 0.5) is 0 Å². The van der Waals surface area contributed by atoms with Gasteiger partial charge in [-0.3, -0.25) is 4.99 Å². The number of nitrogens with zero attached hydrogens (tertiary/aromatic N) is 1. The predicted octanol–water partition coefficient (Wildman–Crippen LogP) is 2.74. The molecular formula is C19H32IN3O3. The van der Waals surface area contributed by atoms with Crippen LogP contribution in [0, 0.1) is 6.92 Å². The van der Waals surface area contributed by atoms with Crippen molar-refractivity contribution in [1.82, 2.24) is 10.6 Å². The van der Waals surface area contributed by atoms with Crippen LogP contribution in [-0.2, 0) is 9.47 Å². The van der Waals surface area contributed by atoms with Crippen LogP contribution < -0.4 is 15.4 Å². The summed E-state index contributed by atoms with van der Waals surface area (Å²) in [5, 5.41) is 6.53. The molecule has 0 aliphatic carbocycles. The van der Waals surface area contributed by atoms with Crippen LogP contribution >= 0.6 is 24.0 Å². The van der Waals surface area contributed by atoms with Crippen LogP contribution in [0.1, 0.15) is 24.8 Å². The lowest BCUT2D eigenvalue weighted by atomic mass is 10.2. The molecule has 1 atom stereocenters. The van der Waals surface area contributed by atoms with Crippen molar-refractivity contribution in [2.75, 3.05) is 46.6 Å². The van der Waals surface area contributed by atoms with Crippen molar-refractivity contribution in [2.45, 2.75) is 32.3 Å². The monoisotopic (exact) mass is 477 g/mol. The van der Waals surface area contributed by atoms with Gasteiger partial charge in [0.05, 0.1) is 19.3 Å². The van der Waals surface area contributed by atoms with Crippen LogP contribution in [-0.4, -0.2) is 58.6 Å². The molecule has 0 amide bonds. The van der Waals surface area contributed by atoms with Crippen LogP contribution in [0.25, 0.3) is 0 Å². The van der Waals surface area contributed by atoms with Gasteiger partial charge in [0.2, 0.25) is 0 Å².